The number of ether oxygens (including phenoxy) is 1. The van der Waals surface area contributed by atoms with Crippen LogP contribution in [0.15, 0.2) is 60.4 Å². The van der Waals surface area contributed by atoms with Crippen LogP contribution >= 0.6 is 23.2 Å². The van der Waals surface area contributed by atoms with E-state index in [-0.39, 0.29) is 27.7 Å². The van der Waals surface area contributed by atoms with E-state index in [2.05, 4.69) is 4.98 Å². The zero-order valence-electron chi connectivity index (χ0n) is 18.1. The minimum Gasteiger partial charge on any atom is -0.507 e. The largest absolute Gasteiger partial charge is 0.507 e. The fourth-order valence-electron chi connectivity index (χ4n) is 4.05. The minimum absolute atomic E-state index is 0.0904. The monoisotopic (exact) mass is 482 g/mol. The summed E-state index contributed by atoms with van der Waals surface area (Å²) in [5.74, 6) is -1.80. The predicted molar refractivity (Wildman–Crippen MR) is 128 cm³/mol. The zero-order chi connectivity index (χ0) is 23.9. The fraction of sp³-hybridized carbons (Fsp3) is 0.160. The van der Waals surface area contributed by atoms with Gasteiger partial charge in [0.2, 0.25) is 0 Å². The van der Waals surface area contributed by atoms with Crippen LogP contribution in [0.2, 0.25) is 10.0 Å². The molecule has 6 nitrogen and oxygen atoms in total. The standard InChI is InChI=1S/C25H20Cl2N2O4/c1-13-10-16(24(33-3)18(27)11-13)22(30)20-21(15-6-5-9-28-12-15)29(25(32)23(20)31)19-8-4-7-17(26)14(19)2/h4-12,21,30H,1-3H3/b22-20+. The second-order valence-electron chi connectivity index (χ2n) is 7.67. The molecule has 3 aromatic rings. The molecular weight excluding hydrogens is 463 g/mol. The van der Waals surface area contributed by atoms with Gasteiger partial charge in [-0.3, -0.25) is 19.5 Å². The lowest BCUT2D eigenvalue weighted by atomic mass is 9.95. The Morgan fingerprint density at radius 2 is 1.85 bits per heavy atom. The number of hydrogen-bond acceptors (Lipinski definition) is 5. The van der Waals surface area contributed by atoms with E-state index in [1.54, 1.807) is 68.7 Å². The van der Waals surface area contributed by atoms with E-state index in [9.17, 15) is 14.7 Å². The second-order valence-corrected chi connectivity index (χ2v) is 8.48. The number of Topliss-reactive ketones (excluding diaryl/α,β-unsaturated/α-hetero) is 1. The highest BCUT2D eigenvalue weighted by atomic mass is 35.5. The topological polar surface area (TPSA) is 79.7 Å². The molecule has 1 N–H and O–H groups in total. The molecule has 1 atom stereocenters. The number of rotatable bonds is 4. The fourth-order valence-corrected chi connectivity index (χ4v) is 4.57. The van der Waals surface area contributed by atoms with E-state index in [4.69, 9.17) is 27.9 Å². The number of amides is 1. The first kappa shape index (κ1) is 22.8. The summed E-state index contributed by atoms with van der Waals surface area (Å²) >= 11 is 12.6. The van der Waals surface area contributed by atoms with Gasteiger partial charge in [-0.1, -0.05) is 35.3 Å². The Balaban J connectivity index is 2.03. The first-order valence-electron chi connectivity index (χ1n) is 10.1. The Morgan fingerprint density at radius 3 is 2.52 bits per heavy atom. The van der Waals surface area contributed by atoms with Gasteiger partial charge in [-0.05, 0) is 60.9 Å². The Bertz CT molecular complexity index is 1310. The number of aromatic nitrogens is 1. The average Bonchev–Trinajstić information content (AvgIpc) is 3.06. The van der Waals surface area contributed by atoms with E-state index in [0.29, 0.717) is 21.8 Å². The van der Waals surface area contributed by atoms with Crippen molar-refractivity contribution in [3.63, 3.8) is 0 Å². The van der Waals surface area contributed by atoms with Gasteiger partial charge in [-0.2, -0.15) is 0 Å². The Morgan fingerprint density at radius 1 is 1.09 bits per heavy atom. The summed E-state index contributed by atoms with van der Waals surface area (Å²) in [6.07, 6.45) is 3.14. The summed E-state index contributed by atoms with van der Waals surface area (Å²) in [6.45, 7) is 3.56. The number of carbonyl (C=O) groups excluding carboxylic acids is 2. The molecule has 4 rings (SSSR count). The smallest absolute Gasteiger partial charge is 0.300 e. The quantitative estimate of drug-likeness (QED) is 0.295. The molecule has 33 heavy (non-hydrogen) atoms. The van der Waals surface area contributed by atoms with Crippen molar-refractivity contribution >= 4 is 46.3 Å². The van der Waals surface area contributed by atoms with Gasteiger partial charge in [0, 0.05) is 23.1 Å². The molecule has 2 heterocycles. The van der Waals surface area contributed by atoms with E-state index in [1.165, 1.54) is 12.0 Å². The molecule has 0 saturated carbocycles. The lowest BCUT2D eigenvalue weighted by molar-refractivity contribution is -0.132. The maximum Gasteiger partial charge on any atom is 0.300 e. The molecule has 1 aliphatic rings. The number of aliphatic hydroxyl groups excluding tert-OH is 1. The summed E-state index contributed by atoms with van der Waals surface area (Å²) in [6, 6.07) is 11.0. The number of carbonyl (C=O) groups is 2. The van der Waals surface area contributed by atoms with Crippen molar-refractivity contribution in [3.8, 4) is 5.75 Å². The van der Waals surface area contributed by atoms with Crippen molar-refractivity contribution in [1.82, 2.24) is 4.98 Å². The van der Waals surface area contributed by atoms with Gasteiger partial charge in [-0.15, -0.1) is 0 Å². The Hall–Kier alpha value is -3.35. The number of methoxy groups -OCH3 is 1. The summed E-state index contributed by atoms with van der Waals surface area (Å²) in [4.78, 5) is 32.1. The number of nitrogens with zero attached hydrogens (tertiary/aromatic N) is 2. The highest BCUT2D eigenvalue weighted by Gasteiger charge is 2.47. The molecule has 8 heteroatoms. The van der Waals surface area contributed by atoms with Crippen LogP contribution in [0.5, 0.6) is 5.75 Å². The number of hydrogen-bond donors (Lipinski definition) is 1. The van der Waals surface area contributed by atoms with E-state index in [1.807, 2.05) is 0 Å². The Labute approximate surface area is 201 Å². The summed E-state index contributed by atoms with van der Waals surface area (Å²) in [5.41, 5.74) is 2.53. The van der Waals surface area contributed by atoms with Crippen LogP contribution in [0.4, 0.5) is 5.69 Å². The number of ketones is 1. The van der Waals surface area contributed by atoms with Crippen molar-refractivity contribution in [3.05, 3.63) is 92.7 Å². The minimum atomic E-state index is -0.931. The summed E-state index contributed by atoms with van der Waals surface area (Å²) in [7, 11) is 1.42. The first-order chi connectivity index (χ1) is 15.8. The van der Waals surface area contributed by atoms with Crippen molar-refractivity contribution in [2.24, 2.45) is 0 Å². The molecule has 1 unspecified atom stereocenters. The average molecular weight is 483 g/mol. The maximum absolute atomic E-state index is 13.3. The third kappa shape index (κ3) is 3.86. The van der Waals surface area contributed by atoms with Gasteiger partial charge in [0.15, 0.2) is 0 Å². The number of halogens is 2. The molecule has 0 bridgehead atoms. The van der Waals surface area contributed by atoms with Gasteiger partial charge in [0.25, 0.3) is 11.7 Å². The van der Waals surface area contributed by atoms with Crippen molar-refractivity contribution in [2.75, 3.05) is 12.0 Å². The lowest BCUT2D eigenvalue weighted by Crippen LogP contribution is -2.30. The summed E-state index contributed by atoms with van der Waals surface area (Å²) in [5, 5.41) is 12.1. The van der Waals surface area contributed by atoms with Crippen molar-refractivity contribution in [1.29, 1.82) is 0 Å². The van der Waals surface area contributed by atoms with Crippen LogP contribution in [0.3, 0.4) is 0 Å². The number of anilines is 1. The molecule has 0 spiro atoms. The zero-order valence-corrected chi connectivity index (χ0v) is 19.6. The van der Waals surface area contributed by atoms with E-state index >= 15 is 0 Å². The van der Waals surface area contributed by atoms with Crippen LogP contribution in [-0.2, 0) is 9.59 Å². The van der Waals surface area contributed by atoms with Gasteiger partial charge in [0.05, 0.1) is 29.3 Å². The van der Waals surface area contributed by atoms with Gasteiger partial charge >= 0.3 is 0 Å². The lowest BCUT2D eigenvalue weighted by Gasteiger charge is -2.27. The van der Waals surface area contributed by atoms with Crippen molar-refractivity contribution in [2.45, 2.75) is 19.9 Å². The molecule has 1 fully saturated rings. The number of aliphatic hydroxyl groups is 1. The molecule has 0 radical (unpaired) electrons. The van der Waals surface area contributed by atoms with Gasteiger partial charge in [0.1, 0.15) is 11.5 Å². The van der Waals surface area contributed by atoms with Crippen LogP contribution < -0.4 is 9.64 Å². The van der Waals surface area contributed by atoms with Gasteiger partial charge in [-0.25, -0.2) is 0 Å². The van der Waals surface area contributed by atoms with Crippen LogP contribution in [-0.4, -0.2) is 28.9 Å². The number of benzene rings is 2. The normalized spacial score (nSPS) is 17.5. The summed E-state index contributed by atoms with van der Waals surface area (Å²) < 4.78 is 5.40. The molecule has 2 aromatic carbocycles. The van der Waals surface area contributed by atoms with E-state index < -0.39 is 17.7 Å². The van der Waals surface area contributed by atoms with E-state index in [0.717, 1.165) is 5.56 Å². The highest BCUT2D eigenvalue weighted by Crippen LogP contribution is 2.45. The molecule has 1 aromatic heterocycles. The number of pyridine rings is 1. The molecule has 1 amide bonds. The third-order valence-corrected chi connectivity index (χ3v) is 6.28. The maximum atomic E-state index is 13.3. The second kappa shape index (κ2) is 8.89. The van der Waals surface area contributed by atoms with Crippen molar-refractivity contribution < 1.29 is 19.4 Å². The number of aryl methyl sites for hydroxylation is 1. The molecule has 1 aliphatic heterocycles. The Kier molecular flexibility index (Phi) is 6.15. The van der Waals surface area contributed by atoms with Crippen LogP contribution in [0.25, 0.3) is 5.76 Å². The molecule has 1 saturated heterocycles. The van der Waals surface area contributed by atoms with Crippen LogP contribution in [0.1, 0.15) is 28.3 Å². The predicted octanol–water partition coefficient (Wildman–Crippen LogP) is 5.64. The van der Waals surface area contributed by atoms with Gasteiger partial charge < -0.3 is 9.84 Å². The van der Waals surface area contributed by atoms with Crippen LogP contribution in [0, 0.1) is 13.8 Å². The first-order valence-corrected chi connectivity index (χ1v) is 10.8. The highest BCUT2D eigenvalue weighted by molar-refractivity contribution is 6.52. The molecule has 168 valence electrons. The molecular formula is C25H20Cl2N2O4. The third-order valence-electron chi connectivity index (χ3n) is 5.59. The SMILES string of the molecule is COc1c(Cl)cc(C)cc1/C(O)=C1\C(=O)C(=O)N(c2cccc(Cl)c2C)C1c1cccnc1. The molecule has 0 aliphatic carbocycles.